The average molecular weight is 271 g/mol. The minimum atomic E-state index is -0.259. The van der Waals surface area contributed by atoms with Crippen LogP contribution in [0.15, 0.2) is 47.3 Å². The van der Waals surface area contributed by atoms with Crippen molar-refractivity contribution in [2.75, 3.05) is 0 Å². The highest BCUT2D eigenvalue weighted by Gasteiger charge is 2.20. The van der Waals surface area contributed by atoms with Gasteiger partial charge in [-0.25, -0.2) is 5.10 Å². The molecule has 1 amide bonds. The molecular formula is C15H17N3O2. The van der Waals surface area contributed by atoms with Crippen LogP contribution in [-0.4, -0.2) is 16.1 Å². The lowest BCUT2D eigenvalue weighted by molar-refractivity contribution is 0.0924. The van der Waals surface area contributed by atoms with E-state index in [2.05, 4.69) is 15.5 Å². The van der Waals surface area contributed by atoms with E-state index < -0.39 is 0 Å². The molecule has 2 N–H and O–H groups in total. The van der Waals surface area contributed by atoms with E-state index in [0.717, 1.165) is 0 Å². The molecule has 2 aromatic rings. The first-order valence-corrected chi connectivity index (χ1v) is 6.49. The van der Waals surface area contributed by atoms with Gasteiger partial charge in [0.1, 0.15) is 0 Å². The van der Waals surface area contributed by atoms with E-state index in [0.29, 0.717) is 11.3 Å². The Morgan fingerprint density at radius 3 is 2.40 bits per heavy atom. The second-order valence-electron chi connectivity index (χ2n) is 4.91. The Balaban J connectivity index is 2.20. The summed E-state index contributed by atoms with van der Waals surface area (Å²) >= 11 is 0. The average Bonchev–Trinajstić information content (AvgIpc) is 2.46. The highest BCUT2D eigenvalue weighted by atomic mass is 16.1. The number of H-pyrrole nitrogens is 1. The second kappa shape index (κ2) is 6.14. The van der Waals surface area contributed by atoms with Gasteiger partial charge in [0.25, 0.3) is 11.5 Å². The highest BCUT2D eigenvalue weighted by Crippen LogP contribution is 2.19. The predicted octanol–water partition coefficient (Wildman–Crippen LogP) is 1.90. The fourth-order valence-electron chi connectivity index (χ4n) is 1.92. The molecule has 1 aromatic carbocycles. The first kappa shape index (κ1) is 14.0. The number of carbonyl (C=O) groups excluding carboxylic acids is 1. The summed E-state index contributed by atoms with van der Waals surface area (Å²) in [5.74, 6) is -0.00151. The molecule has 1 aromatic heterocycles. The third kappa shape index (κ3) is 3.32. The number of hydrogen-bond donors (Lipinski definition) is 2. The van der Waals surface area contributed by atoms with E-state index >= 15 is 0 Å². The summed E-state index contributed by atoms with van der Waals surface area (Å²) in [5, 5.41) is 9.33. The van der Waals surface area contributed by atoms with Gasteiger partial charge in [0.15, 0.2) is 0 Å². The van der Waals surface area contributed by atoms with E-state index in [1.807, 2.05) is 32.0 Å². The summed E-state index contributed by atoms with van der Waals surface area (Å²) < 4.78 is 0. The van der Waals surface area contributed by atoms with Crippen LogP contribution in [0.2, 0.25) is 0 Å². The molecule has 1 heterocycles. The maximum Gasteiger partial charge on any atom is 0.264 e. The number of amides is 1. The summed E-state index contributed by atoms with van der Waals surface area (Å²) in [7, 11) is 0. The van der Waals surface area contributed by atoms with Gasteiger partial charge in [0, 0.05) is 11.6 Å². The molecule has 0 saturated heterocycles. The first-order valence-electron chi connectivity index (χ1n) is 6.49. The van der Waals surface area contributed by atoms with Crippen molar-refractivity contribution in [1.29, 1.82) is 0 Å². The zero-order chi connectivity index (χ0) is 14.5. The third-order valence-electron chi connectivity index (χ3n) is 3.01. The minimum Gasteiger partial charge on any atom is -0.343 e. The smallest absolute Gasteiger partial charge is 0.264 e. The van der Waals surface area contributed by atoms with Crippen LogP contribution in [-0.2, 0) is 0 Å². The number of aromatic amines is 1. The van der Waals surface area contributed by atoms with E-state index in [-0.39, 0.29) is 23.4 Å². The number of carbonyl (C=O) groups is 1. The zero-order valence-corrected chi connectivity index (χ0v) is 11.5. The number of nitrogens with one attached hydrogen (secondary N) is 2. The summed E-state index contributed by atoms with van der Waals surface area (Å²) in [4.78, 5) is 23.2. The van der Waals surface area contributed by atoms with Gasteiger partial charge in [-0.1, -0.05) is 32.0 Å². The number of aromatic nitrogens is 2. The lowest BCUT2D eigenvalue weighted by Gasteiger charge is -2.21. The van der Waals surface area contributed by atoms with Crippen molar-refractivity contribution in [3.63, 3.8) is 0 Å². The Hall–Kier alpha value is -2.43. The molecule has 0 radical (unpaired) electrons. The van der Waals surface area contributed by atoms with Crippen molar-refractivity contribution in [1.82, 2.24) is 15.5 Å². The zero-order valence-electron chi connectivity index (χ0n) is 11.5. The van der Waals surface area contributed by atoms with Crippen molar-refractivity contribution in [2.45, 2.75) is 19.9 Å². The SMILES string of the molecule is CC(C)C(NC(=O)c1ccccc1)c1ccc(=O)[nH]n1. The fourth-order valence-corrected chi connectivity index (χ4v) is 1.92. The molecule has 2 rings (SSSR count). The normalized spacial score (nSPS) is 12.2. The Morgan fingerprint density at radius 2 is 1.85 bits per heavy atom. The van der Waals surface area contributed by atoms with Gasteiger partial charge in [-0.3, -0.25) is 9.59 Å². The molecule has 0 saturated carbocycles. The minimum absolute atomic E-state index is 0.154. The molecule has 20 heavy (non-hydrogen) atoms. The monoisotopic (exact) mass is 271 g/mol. The Morgan fingerprint density at radius 1 is 1.15 bits per heavy atom. The first-order chi connectivity index (χ1) is 9.58. The second-order valence-corrected chi connectivity index (χ2v) is 4.91. The van der Waals surface area contributed by atoms with E-state index in [9.17, 15) is 9.59 Å². The maximum absolute atomic E-state index is 12.2. The van der Waals surface area contributed by atoms with Crippen molar-refractivity contribution < 1.29 is 4.79 Å². The van der Waals surface area contributed by atoms with Crippen molar-refractivity contribution in [3.05, 3.63) is 64.1 Å². The molecule has 0 spiro atoms. The lowest BCUT2D eigenvalue weighted by Crippen LogP contribution is -2.33. The number of hydrogen-bond acceptors (Lipinski definition) is 3. The van der Waals surface area contributed by atoms with Crippen LogP contribution < -0.4 is 10.9 Å². The van der Waals surface area contributed by atoms with E-state index in [1.165, 1.54) is 6.07 Å². The fraction of sp³-hybridized carbons (Fsp3) is 0.267. The van der Waals surface area contributed by atoms with Gasteiger partial charge >= 0.3 is 0 Å². The van der Waals surface area contributed by atoms with Crippen LogP contribution in [0.5, 0.6) is 0 Å². The van der Waals surface area contributed by atoms with Crippen molar-refractivity contribution in [2.24, 2.45) is 5.92 Å². The number of benzene rings is 1. The summed E-state index contributed by atoms with van der Waals surface area (Å²) in [6.07, 6.45) is 0. The van der Waals surface area contributed by atoms with Gasteiger partial charge < -0.3 is 5.32 Å². The largest absolute Gasteiger partial charge is 0.343 e. The predicted molar refractivity (Wildman–Crippen MR) is 76.3 cm³/mol. The highest BCUT2D eigenvalue weighted by molar-refractivity contribution is 5.94. The molecule has 104 valence electrons. The Bertz CT molecular complexity index is 615. The molecule has 0 aliphatic rings. The standard InChI is InChI=1S/C15H17N3O2/c1-10(2)14(12-8-9-13(19)18-17-12)16-15(20)11-6-4-3-5-7-11/h3-10,14H,1-2H3,(H,16,20)(H,18,19). The third-order valence-corrected chi connectivity index (χ3v) is 3.01. The molecule has 1 atom stereocenters. The molecule has 1 unspecified atom stereocenters. The van der Waals surface area contributed by atoms with Gasteiger partial charge in [-0.05, 0) is 24.1 Å². The Labute approximate surface area is 117 Å². The molecule has 5 nitrogen and oxygen atoms in total. The Kier molecular flexibility index (Phi) is 4.30. The van der Waals surface area contributed by atoms with Crippen molar-refractivity contribution in [3.8, 4) is 0 Å². The summed E-state index contributed by atoms with van der Waals surface area (Å²) in [6.45, 7) is 3.98. The van der Waals surface area contributed by atoms with Gasteiger partial charge in [0.2, 0.25) is 0 Å². The van der Waals surface area contributed by atoms with Crippen molar-refractivity contribution >= 4 is 5.91 Å². The van der Waals surface area contributed by atoms with Crippen LogP contribution in [0.4, 0.5) is 0 Å². The van der Waals surface area contributed by atoms with Crippen LogP contribution in [0.25, 0.3) is 0 Å². The van der Waals surface area contributed by atoms with Gasteiger partial charge in [0.05, 0.1) is 11.7 Å². The molecule has 0 aliphatic heterocycles. The topological polar surface area (TPSA) is 74.8 Å². The van der Waals surface area contributed by atoms with Crippen LogP contribution >= 0.6 is 0 Å². The summed E-state index contributed by atoms with van der Waals surface area (Å²) in [5.41, 5.74) is 0.983. The van der Waals surface area contributed by atoms with Gasteiger partial charge in [-0.2, -0.15) is 5.10 Å². The lowest BCUT2D eigenvalue weighted by atomic mass is 10.00. The molecule has 5 heteroatoms. The van der Waals surface area contributed by atoms with Crippen LogP contribution in [0, 0.1) is 5.92 Å². The quantitative estimate of drug-likeness (QED) is 0.891. The molecule has 0 aliphatic carbocycles. The summed E-state index contributed by atoms with van der Waals surface area (Å²) in [6, 6.07) is 11.8. The number of nitrogens with zero attached hydrogens (tertiary/aromatic N) is 1. The van der Waals surface area contributed by atoms with E-state index in [1.54, 1.807) is 18.2 Å². The maximum atomic E-state index is 12.2. The van der Waals surface area contributed by atoms with Gasteiger partial charge in [-0.15, -0.1) is 0 Å². The number of rotatable bonds is 4. The van der Waals surface area contributed by atoms with Crippen LogP contribution in [0.1, 0.15) is 35.9 Å². The van der Waals surface area contributed by atoms with Crippen LogP contribution in [0.3, 0.4) is 0 Å². The molecule has 0 fully saturated rings. The van der Waals surface area contributed by atoms with E-state index in [4.69, 9.17) is 0 Å². The molecular weight excluding hydrogens is 254 g/mol. The molecule has 0 bridgehead atoms.